The van der Waals surface area contributed by atoms with Crippen LogP contribution in [0.3, 0.4) is 0 Å². The molecule has 1 saturated heterocycles. The van der Waals surface area contributed by atoms with Crippen molar-refractivity contribution >= 4 is 23.2 Å². The predicted octanol–water partition coefficient (Wildman–Crippen LogP) is 3.00. The van der Waals surface area contributed by atoms with Crippen LogP contribution in [0.5, 0.6) is 5.75 Å². The van der Waals surface area contributed by atoms with Crippen LogP contribution in [0.15, 0.2) is 48.5 Å². The lowest BCUT2D eigenvalue weighted by Gasteiger charge is -2.18. The molecule has 0 radical (unpaired) electrons. The van der Waals surface area contributed by atoms with E-state index in [2.05, 4.69) is 12.2 Å². The topological polar surface area (TPSA) is 58.6 Å². The van der Waals surface area contributed by atoms with E-state index in [1.165, 1.54) is 17.6 Å². The Balaban J connectivity index is 1.81. The third-order valence-corrected chi connectivity index (χ3v) is 4.18. The standard InChI is InChI=1S/C19H20N2O3/c1-3-13-8-10-14(11-9-13)20-15-12-18(22)21(19(15)23)16-6-4-5-7-17(16)24-2/h4-11,15,20H,3,12H2,1-2H3/t15-/m1/s1. The van der Waals surface area contributed by atoms with E-state index in [1.54, 1.807) is 24.3 Å². The summed E-state index contributed by atoms with van der Waals surface area (Å²) in [6, 6.07) is 14.4. The van der Waals surface area contributed by atoms with Crippen LogP contribution in [0.1, 0.15) is 18.9 Å². The molecule has 2 amide bonds. The molecule has 2 aromatic rings. The van der Waals surface area contributed by atoms with E-state index in [9.17, 15) is 9.59 Å². The number of imide groups is 1. The van der Waals surface area contributed by atoms with Crippen molar-refractivity contribution in [2.75, 3.05) is 17.3 Å². The highest BCUT2D eigenvalue weighted by atomic mass is 16.5. The van der Waals surface area contributed by atoms with Crippen LogP contribution in [-0.4, -0.2) is 25.0 Å². The largest absolute Gasteiger partial charge is 0.495 e. The number of aryl methyl sites for hydroxylation is 1. The molecule has 1 aliphatic rings. The van der Waals surface area contributed by atoms with Gasteiger partial charge in [0.05, 0.1) is 19.2 Å². The fourth-order valence-corrected chi connectivity index (χ4v) is 2.85. The number of anilines is 2. The molecule has 5 heteroatoms. The first-order valence-corrected chi connectivity index (χ1v) is 7.99. The van der Waals surface area contributed by atoms with Crippen molar-refractivity contribution in [3.63, 3.8) is 0 Å². The van der Waals surface area contributed by atoms with Crippen molar-refractivity contribution in [2.24, 2.45) is 0 Å². The first-order valence-electron chi connectivity index (χ1n) is 7.99. The molecule has 5 nitrogen and oxygen atoms in total. The van der Waals surface area contributed by atoms with E-state index < -0.39 is 6.04 Å². The molecule has 1 N–H and O–H groups in total. The average molecular weight is 324 g/mol. The number of carbonyl (C=O) groups is 2. The number of para-hydroxylation sites is 2. The van der Waals surface area contributed by atoms with Crippen LogP contribution >= 0.6 is 0 Å². The third-order valence-electron chi connectivity index (χ3n) is 4.18. The molecular weight excluding hydrogens is 304 g/mol. The number of carbonyl (C=O) groups excluding carboxylic acids is 2. The van der Waals surface area contributed by atoms with Gasteiger partial charge in [-0.3, -0.25) is 9.59 Å². The minimum Gasteiger partial charge on any atom is -0.495 e. The van der Waals surface area contributed by atoms with Crippen molar-refractivity contribution in [3.05, 3.63) is 54.1 Å². The summed E-state index contributed by atoms with van der Waals surface area (Å²) in [5.41, 5.74) is 2.55. The second-order valence-corrected chi connectivity index (χ2v) is 5.69. The number of nitrogens with one attached hydrogen (secondary N) is 1. The van der Waals surface area contributed by atoms with Gasteiger partial charge in [-0.05, 0) is 36.2 Å². The Labute approximate surface area is 141 Å². The van der Waals surface area contributed by atoms with Gasteiger partial charge in [-0.25, -0.2) is 4.90 Å². The maximum absolute atomic E-state index is 12.7. The van der Waals surface area contributed by atoms with Crippen LogP contribution in [0, 0.1) is 0 Å². The van der Waals surface area contributed by atoms with Crippen LogP contribution in [0.25, 0.3) is 0 Å². The Morgan fingerprint density at radius 3 is 2.50 bits per heavy atom. The number of amides is 2. The monoisotopic (exact) mass is 324 g/mol. The summed E-state index contributed by atoms with van der Waals surface area (Å²) in [6.07, 6.45) is 1.09. The van der Waals surface area contributed by atoms with Crippen molar-refractivity contribution in [2.45, 2.75) is 25.8 Å². The number of hydrogen-bond donors (Lipinski definition) is 1. The van der Waals surface area contributed by atoms with Gasteiger partial charge in [0.2, 0.25) is 5.91 Å². The quantitative estimate of drug-likeness (QED) is 0.859. The third kappa shape index (κ3) is 2.97. The van der Waals surface area contributed by atoms with Crippen LogP contribution in [0.4, 0.5) is 11.4 Å². The van der Waals surface area contributed by atoms with Gasteiger partial charge in [-0.15, -0.1) is 0 Å². The first kappa shape index (κ1) is 16.1. The Bertz CT molecular complexity index is 755. The minimum absolute atomic E-state index is 0.131. The molecule has 0 bridgehead atoms. The van der Waals surface area contributed by atoms with Gasteiger partial charge in [0.15, 0.2) is 0 Å². The SMILES string of the molecule is CCc1ccc(N[C@@H]2CC(=O)N(c3ccccc3OC)C2=O)cc1. The lowest BCUT2D eigenvalue weighted by Crippen LogP contribution is -2.35. The van der Waals surface area contributed by atoms with E-state index >= 15 is 0 Å². The molecule has 1 aliphatic heterocycles. The van der Waals surface area contributed by atoms with Gasteiger partial charge >= 0.3 is 0 Å². The molecule has 2 aromatic carbocycles. The highest BCUT2D eigenvalue weighted by Crippen LogP contribution is 2.32. The highest BCUT2D eigenvalue weighted by molar-refractivity contribution is 6.23. The Morgan fingerprint density at radius 1 is 1.12 bits per heavy atom. The summed E-state index contributed by atoms with van der Waals surface area (Å²) in [5.74, 6) is 0.0170. The number of nitrogens with zero attached hydrogens (tertiary/aromatic N) is 1. The van der Waals surface area contributed by atoms with E-state index in [0.29, 0.717) is 11.4 Å². The van der Waals surface area contributed by atoms with Crippen molar-refractivity contribution in [3.8, 4) is 5.75 Å². The zero-order chi connectivity index (χ0) is 17.1. The van der Waals surface area contributed by atoms with Crippen LogP contribution in [-0.2, 0) is 16.0 Å². The summed E-state index contributed by atoms with van der Waals surface area (Å²) in [5, 5.41) is 3.16. The lowest BCUT2D eigenvalue weighted by molar-refractivity contribution is -0.121. The number of methoxy groups -OCH3 is 1. The highest BCUT2D eigenvalue weighted by Gasteiger charge is 2.40. The molecule has 0 spiro atoms. The lowest BCUT2D eigenvalue weighted by atomic mass is 10.1. The van der Waals surface area contributed by atoms with Gasteiger partial charge in [0, 0.05) is 5.69 Å². The van der Waals surface area contributed by atoms with E-state index in [0.717, 1.165) is 12.1 Å². The summed E-state index contributed by atoms with van der Waals surface area (Å²) in [7, 11) is 1.52. The molecule has 3 rings (SSSR count). The molecule has 0 aliphatic carbocycles. The van der Waals surface area contributed by atoms with Crippen LogP contribution < -0.4 is 15.0 Å². The Morgan fingerprint density at radius 2 is 1.83 bits per heavy atom. The fraction of sp³-hybridized carbons (Fsp3) is 0.263. The number of hydrogen-bond acceptors (Lipinski definition) is 4. The van der Waals surface area contributed by atoms with Gasteiger partial charge in [0.25, 0.3) is 5.91 Å². The molecule has 24 heavy (non-hydrogen) atoms. The maximum atomic E-state index is 12.7. The second kappa shape index (κ2) is 6.74. The molecule has 0 unspecified atom stereocenters. The number of benzene rings is 2. The van der Waals surface area contributed by atoms with Gasteiger partial charge in [-0.2, -0.15) is 0 Å². The smallest absolute Gasteiger partial charge is 0.256 e. The molecule has 0 saturated carbocycles. The maximum Gasteiger partial charge on any atom is 0.256 e. The number of ether oxygens (including phenoxy) is 1. The van der Waals surface area contributed by atoms with E-state index in [4.69, 9.17) is 4.74 Å². The Kier molecular flexibility index (Phi) is 4.51. The second-order valence-electron chi connectivity index (χ2n) is 5.69. The molecule has 124 valence electrons. The van der Waals surface area contributed by atoms with Crippen molar-refractivity contribution in [1.82, 2.24) is 0 Å². The zero-order valence-corrected chi connectivity index (χ0v) is 13.8. The Hall–Kier alpha value is -2.82. The van der Waals surface area contributed by atoms with Gasteiger partial charge < -0.3 is 10.1 Å². The van der Waals surface area contributed by atoms with Gasteiger partial charge in [0.1, 0.15) is 11.8 Å². The van der Waals surface area contributed by atoms with Crippen LogP contribution in [0.2, 0.25) is 0 Å². The van der Waals surface area contributed by atoms with Crippen molar-refractivity contribution < 1.29 is 14.3 Å². The summed E-state index contributed by atoms with van der Waals surface area (Å²) in [4.78, 5) is 26.3. The molecule has 0 aromatic heterocycles. The van der Waals surface area contributed by atoms with E-state index in [-0.39, 0.29) is 18.2 Å². The predicted molar refractivity (Wildman–Crippen MR) is 93.3 cm³/mol. The molecule has 1 heterocycles. The molecular formula is C19H20N2O3. The number of rotatable bonds is 5. The minimum atomic E-state index is -0.560. The average Bonchev–Trinajstić information content (AvgIpc) is 2.89. The summed E-state index contributed by atoms with van der Waals surface area (Å²) < 4.78 is 5.27. The summed E-state index contributed by atoms with van der Waals surface area (Å²) in [6.45, 7) is 2.09. The summed E-state index contributed by atoms with van der Waals surface area (Å²) >= 11 is 0. The van der Waals surface area contributed by atoms with Gasteiger partial charge in [-0.1, -0.05) is 31.2 Å². The first-order chi connectivity index (χ1) is 11.6. The van der Waals surface area contributed by atoms with Crippen molar-refractivity contribution in [1.29, 1.82) is 0 Å². The normalized spacial score (nSPS) is 17.2. The van der Waals surface area contributed by atoms with E-state index in [1.807, 2.05) is 24.3 Å². The fourth-order valence-electron chi connectivity index (χ4n) is 2.85. The zero-order valence-electron chi connectivity index (χ0n) is 13.8. The molecule has 1 atom stereocenters. The molecule has 1 fully saturated rings.